The minimum Gasteiger partial charge on any atom is -0.352 e. The van der Waals surface area contributed by atoms with Gasteiger partial charge in [0, 0.05) is 19.6 Å². The molecule has 1 unspecified atom stereocenters. The van der Waals surface area contributed by atoms with Gasteiger partial charge in [-0.15, -0.1) is 12.4 Å². The number of hydrogen-bond acceptors (Lipinski definition) is 3. The number of carbonyl (C=O) groups is 2. The van der Waals surface area contributed by atoms with Crippen LogP contribution in [0.3, 0.4) is 0 Å². The lowest BCUT2D eigenvalue weighted by Crippen LogP contribution is -2.49. The molecule has 0 aromatic rings. The van der Waals surface area contributed by atoms with Crippen molar-refractivity contribution in [1.82, 2.24) is 10.2 Å². The Hall–Kier alpha value is -1.01. The maximum atomic E-state index is 12.2. The molecule has 0 saturated carbocycles. The Labute approximate surface area is 128 Å². The van der Waals surface area contributed by atoms with E-state index in [0.717, 1.165) is 12.8 Å². The predicted molar refractivity (Wildman–Crippen MR) is 83.7 cm³/mol. The Balaban J connectivity index is 0. The summed E-state index contributed by atoms with van der Waals surface area (Å²) in [7, 11) is 1.72. The van der Waals surface area contributed by atoms with Crippen LogP contribution in [0.25, 0.3) is 0 Å². The number of nitrogens with one attached hydrogen (secondary N) is 1. The summed E-state index contributed by atoms with van der Waals surface area (Å²) in [5, 5.41) is 2.49. The number of primary amides is 1. The van der Waals surface area contributed by atoms with Crippen LogP contribution in [0.1, 0.15) is 40.0 Å². The molecule has 2 atom stereocenters. The highest BCUT2D eigenvalue weighted by atomic mass is 35.5. The standard InChI is InChI=1S/C13H28N4O2.ClH/c1-5-6-11(16-13(15)19)12(18)17(4)8-7-10(14)9(2)3;/h9-11H,5-8,14H2,1-4H3,(H3,15,16,19);1H/t10?,11-;/m1./s1. The highest BCUT2D eigenvalue weighted by molar-refractivity contribution is 5.86. The van der Waals surface area contributed by atoms with Gasteiger partial charge in [-0.2, -0.15) is 0 Å². The van der Waals surface area contributed by atoms with E-state index in [1.807, 2.05) is 6.92 Å². The van der Waals surface area contributed by atoms with Crippen LogP contribution in [0.4, 0.5) is 4.79 Å². The summed E-state index contributed by atoms with van der Waals surface area (Å²) in [6, 6.07) is -1.13. The molecule has 20 heavy (non-hydrogen) atoms. The number of nitrogens with zero attached hydrogens (tertiary/aromatic N) is 1. The Morgan fingerprint density at radius 2 is 1.80 bits per heavy atom. The predicted octanol–water partition coefficient (Wildman–Crippen LogP) is 1.08. The largest absolute Gasteiger partial charge is 0.352 e. The SMILES string of the molecule is CCC[C@@H](NC(N)=O)C(=O)N(C)CCC(N)C(C)C.Cl. The molecule has 6 nitrogen and oxygen atoms in total. The maximum Gasteiger partial charge on any atom is 0.312 e. The van der Waals surface area contributed by atoms with Crippen molar-refractivity contribution in [1.29, 1.82) is 0 Å². The smallest absolute Gasteiger partial charge is 0.312 e. The van der Waals surface area contributed by atoms with Crippen LogP contribution >= 0.6 is 12.4 Å². The maximum absolute atomic E-state index is 12.2. The summed E-state index contributed by atoms with van der Waals surface area (Å²) >= 11 is 0. The van der Waals surface area contributed by atoms with E-state index in [9.17, 15) is 9.59 Å². The third kappa shape index (κ3) is 8.22. The van der Waals surface area contributed by atoms with Gasteiger partial charge in [0.2, 0.25) is 5.91 Å². The molecule has 7 heteroatoms. The summed E-state index contributed by atoms with van der Waals surface area (Å²) in [5.41, 5.74) is 11.0. The van der Waals surface area contributed by atoms with Gasteiger partial charge < -0.3 is 21.7 Å². The van der Waals surface area contributed by atoms with Crippen LogP contribution in [0.2, 0.25) is 0 Å². The van der Waals surface area contributed by atoms with Crippen molar-refractivity contribution in [2.24, 2.45) is 17.4 Å². The first kappa shape index (κ1) is 21.3. The van der Waals surface area contributed by atoms with Crippen molar-refractivity contribution < 1.29 is 9.59 Å². The second kappa shape index (κ2) is 10.7. The summed E-state index contributed by atoms with van der Waals surface area (Å²) in [6.07, 6.45) is 2.13. The molecule has 3 amide bonds. The van der Waals surface area contributed by atoms with Crippen molar-refractivity contribution in [3.05, 3.63) is 0 Å². The average Bonchev–Trinajstić information content (AvgIpc) is 2.33. The zero-order valence-electron chi connectivity index (χ0n) is 12.9. The molecule has 0 saturated heterocycles. The van der Waals surface area contributed by atoms with Gasteiger partial charge in [-0.1, -0.05) is 27.2 Å². The molecule has 0 aromatic carbocycles. The highest BCUT2D eigenvalue weighted by Crippen LogP contribution is 2.06. The number of urea groups is 1. The van der Waals surface area contributed by atoms with Crippen LogP contribution < -0.4 is 16.8 Å². The fourth-order valence-corrected chi connectivity index (χ4v) is 1.77. The number of amides is 3. The molecule has 0 bridgehead atoms. The normalized spacial score (nSPS) is 13.3. The molecule has 0 aliphatic heterocycles. The Kier molecular flexibility index (Phi) is 11.4. The number of nitrogens with two attached hydrogens (primary N) is 2. The number of carbonyl (C=O) groups excluding carboxylic acids is 2. The topological polar surface area (TPSA) is 101 Å². The third-order valence-electron chi connectivity index (χ3n) is 3.22. The number of rotatable bonds is 8. The monoisotopic (exact) mass is 308 g/mol. The van der Waals surface area contributed by atoms with Crippen LogP contribution in [0, 0.1) is 5.92 Å². The van der Waals surface area contributed by atoms with Crippen LogP contribution in [-0.2, 0) is 4.79 Å². The summed E-state index contributed by atoms with van der Waals surface area (Å²) < 4.78 is 0. The van der Waals surface area contributed by atoms with E-state index in [-0.39, 0.29) is 24.4 Å². The van der Waals surface area contributed by atoms with Crippen molar-refractivity contribution >= 4 is 24.3 Å². The summed E-state index contributed by atoms with van der Waals surface area (Å²) in [5.74, 6) is 0.273. The highest BCUT2D eigenvalue weighted by Gasteiger charge is 2.22. The van der Waals surface area contributed by atoms with Gasteiger partial charge in [-0.25, -0.2) is 4.79 Å². The number of halogens is 1. The molecule has 120 valence electrons. The molecule has 0 radical (unpaired) electrons. The lowest BCUT2D eigenvalue weighted by molar-refractivity contribution is -0.132. The molecular weight excluding hydrogens is 280 g/mol. The first-order valence-electron chi connectivity index (χ1n) is 6.86. The van der Waals surface area contributed by atoms with Gasteiger partial charge >= 0.3 is 6.03 Å². The van der Waals surface area contributed by atoms with E-state index in [0.29, 0.717) is 18.9 Å². The Morgan fingerprint density at radius 3 is 2.20 bits per heavy atom. The molecule has 0 heterocycles. The number of hydrogen-bond donors (Lipinski definition) is 3. The minimum absolute atomic E-state index is 0. The Bertz CT molecular complexity index is 300. The molecule has 5 N–H and O–H groups in total. The van der Waals surface area contributed by atoms with Crippen LogP contribution in [0.5, 0.6) is 0 Å². The van der Waals surface area contributed by atoms with E-state index in [1.54, 1.807) is 11.9 Å². The average molecular weight is 309 g/mol. The van der Waals surface area contributed by atoms with E-state index >= 15 is 0 Å². The fourth-order valence-electron chi connectivity index (χ4n) is 1.77. The van der Waals surface area contributed by atoms with E-state index < -0.39 is 12.1 Å². The van der Waals surface area contributed by atoms with Gasteiger partial charge in [0.25, 0.3) is 0 Å². The molecule has 0 rings (SSSR count). The quantitative estimate of drug-likeness (QED) is 0.625. The molecule has 0 aromatic heterocycles. The first-order chi connectivity index (χ1) is 8.79. The van der Waals surface area contributed by atoms with Gasteiger partial charge in [-0.05, 0) is 18.8 Å². The van der Waals surface area contributed by atoms with Crippen molar-refractivity contribution in [3.8, 4) is 0 Å². The van der Waals surface area contributed by atoms with Crippen molar-refractivity contribution in [3.63, 3.8) is 0 Å². The zero-order chi connectivity index (χ0) is 15.0. The Morgan fingerprint density at radius 1 is 1.25 bits per heavy atom. The van der Waals surface area contributed by atoms with Crippen LogP contribution in [0.15, 0.2) is 0 Å². The van der Waals surface area contributed by atoms with Crippen molar-refractivity contribution in [2.45, 2.75) is 52.1 Å². The lowest BCUT2D eigenvalue weighted by atomic mass is 10.0. The summed E-state index contributed by atoms with van der Waals surface area (Å²) in [4.78, 5) is 24.7. The van der Waals surface area contributed by atoms with E-state index in [4.69, 9.17) is 11.5 Å². The minimum atomic E-state index is -0.668. The van der Waals surface area contributed by atoms with Gasteiger partial charge in [0.15, 0.2) is 0 Å². The van der Waals surface area contributed by atoms with Gasteiger partial charge in [-0.3, -0.25) is 4.79 Å². The second-order valence-electron chi connectivity index (χ2n) is 5.31. The second-order valence-corrected chi connectivity index (χ2v) is 5.31. The molecule has 0 aliphatic rings. The molecule has 0 spiro atoms. The lowest BCUT2D eigenvalue weighted by Gasteiger charge is -2.25. The van der Waals surface area contributed by atoms with Gasteiger partial charge in [0.05, 0.1) is 0 Å². The third-order valence-corrected chi connectivity index (χ3v) is 3.22. The molecular formula is C13H29ClN4O2. The van der Waals surface area contributed by atoms with E-state index in [1.165, 1.54) is 0 Å². The fraction of sp³-hybridized carbons (Fsp3) is 0.846. The summed E-state index contributed by atoms with van der Waals surface area (Å²) in [6.45, 7) is 6.65. The van der Waals surface area contributed by atoms with Crippen molar-refractivity contribution in [2.75, 3.05) is 13.6 Å². The first-order valence-corrected chi connectivity index (χ1v) is 6.86. The number of likely N-dealkylation sites (N-methyl/N-ethyl adjacent to an activating group) is 1. The van der Waals surface area contributed by atoms with Crippen LogP contribution in [-0.4, -0.2) is 42.5 Å². The zero-order valence-corrected chi connectivity index (χ0v) is 13.7. The van der Waals surface area contributed by atoms with E-state index in [2.05, 4.69) is 19.2 Å². The molecule has 0 fully saturated rings. The molecule has 0 aliphatic carbocycles. The van der Waals surface area contributed by atoms with Gasteiger partial charge in [0.1, 0.15) is 6.04 Å².